The average Bonchev–Trinajstić information content (AvgIpc) is 3.25. The van der Waals surface area contributed by atoms with Gasteiger partial charge < -0.3 is 9.26 Å². The number of aryl methyl sites for hydroxylation is 1. The Hall–Kier alpha value is -2.25. The Balaban J connectivity index is 1.84. The minimum atomic E-state index is -0.956. The second-order valence-corrected chi connectivity index (χ2v) is 8.06. The number of rotatable bonds is 3. The molecule has 4 rings (SSSR count). The zero-order chi connectivity index (χ0) is 21.6. The molecule has 1 amide bonds. The number of amides is 1. The molecule has 3 aromatic rings. The molecule has 0 unspecified atom stereocenters. The van der Waals surface area contributed by atoms with Gasteiger partial charge in [-0.3, -0.25) is 4.79 Å². The highest BCUT2D eigenvalue weighted by atomic mass is 35.5. The fraction of sp³-hybridized carbons (Fsp3) is 0.150. The Kier molecular flexibility index (Phi) is 5.68. The zero-order valence-corrected chi connectivity index (χ0v) is 18.6. The van der Waals surface area contributed by atoms with Crippen molar-refractivity contribution < 1.29 is 14.1 Å². The van der Waals surface area contributed by atoms with E-state index in [2.05, 4.69) is 10.3 Å². The van der Waals surface area contributed by atoms with Crippen molar-refractivity contribution in [3.63, 3.8) is 0 Å². The highest BCUT2D eigenvalue weighted by Gasteiger charge is 2.38. The third kappa shape index (κ3) is 3.54. The summed E-state index contributed by atoms with van der Waals surface area (Å²) in [6, 6.07) is 10.1. The van der Waals surface area contributed by atoms with Gasteiger partial charge in [-0.25, -0.2) is 0 Å². The van der Waals surface area contributed by atoms with Crippen molar-refractivity contribution in [3.8, 4) is 11.3 Å². The minimum absolute atomic E-state index is 0.107. The molecule has 1 aromatic heterocycles. The number of halogens is 4. The first kappa shape index (κ1) is 21.0. The number of hydrazone groups is 1. The first-order valence-electron chi connectivity index (χ1n) is 8.69. The molecule has 30 heavy (non-hydrogen) atoms. The number of hydrogen-bond acceptors (Lipinski definition) is 5. The van der Waals surface area contributed by atoms with E-state index in [-0.39, 0.29) is 11.8 Å². The molecule has 10 heteroatoms. The largest absolute Gasteiger partial charge is 0.445 e. The van der Waals surface area contributed by atoms with E-state index in [1.807, 2.05) is 0 Å². The second kappa shape index (κ2) is 8.12. The van der Waals surface area contributed by atoms with Gasteiger partial charge in [-0.1, -0.05) is 63.7 Å². The number of benzene rings is 2. The lowest BCUT2D eigenvalue weighted by atomic mass is 10.1. The Morgan fingerprint density at radius 2 is 1.53 bits per heavy atom. The van der Waals surface area contributed by atoms with E-state index in [9.17, 15) is 4.79 Å². The van der Waals surface area contributed by atoms with Crippen LogP contribution < -0.4 is 0 Å². The van der Waals surface area contributed by atoms with Gasteiger partial charge in [-0.05, 0) is 31.2 Å². The predicted octanol–water partition coefficient (Wildman–Crippen LogP) is 6.50. The highest BCUT2D eigenvalue weighted by molar-refractivity contribution is 6.39. The van der Waals surface area contributed by atoms with Crippen LogP contribution in [-0.2, 0) is 9.53 Å². The summed E-state index contributed by atoms with van der Waals surface area (Å²) >= 11 is 25.4. The zero-order valence-electron chi connectivity index (χ0n) is 15.6. The van der Waals surface area contributed by atoms with Crippen LogP contribution in [0.5, 0.6) is 0 Å². The minimum Gasteiger partial charge on any atom is -0.445 e. The topological polar surface area (TPSA) is 67.9 Å². The Morgan fingerprint density at radius 3 is 2.10 bits per heavy atom. The average molecular weight is 485 g/mol. The van der Waals surface area contributed by atoms with Gasteiger partial charge in [-0.2, -0.15) is 5.01 Å². The second-order valence-electron chi connectivity index (χ2n) is 6.43. The monoisotopic (exact) mass is 483 g/mol. The van der Waals surface area contributed by atoms with Gasteiger partial charge in [-0.15, -0.1) is 5.10 Å². The third-order valence-electron chi connectivity index (χ3n) is 4.49. The molecule has 0 aliphatic carbocycles. The van der Waals surface area contributed by atoms with E-state index in [1.165, 1.54) is 6.92 Å². The number of nitrogens with zero attached hydrogens (tertiary/aromatic N) is 3. The number of hydrogen-bond donors (Lipinski definition) is 0. The molecule has 0 fully saturated rings. The van der Waals surface area contributed by atoms with Crippen LogP contribution in [0.25, 0.3) is 11.3 Å². The SMILES string of the molecule is CC(=O)N1N=C(c2c(-c3c(Cl)cccc3Cl)noc2C)O[C@H]1c1c(Cl)cccc1Cl. The van der Waals surface area contributed by atoms with Crippen LogP contribution in [0.4, 0.5) is 0 Å². The summed E-state index contributed by atoms with van der Waals surface area (Å²) in [7, 11) is 0. The molecule has 6 nitrogen and oxygen atoms in total. The summed E-state index contributed by atoms with van der Waals surface area (Å²) in [4.78, 5) is 12.3. The lowest BCUT2D eigenvalue weighted by Crippen LogP contribution is -2.25. The molecule has 2 heterocycles. The van der Waals surface area contributed by atoms with Crippen LogP contribution in [0.3, 0.4) is 0 Å². The van der Waals surface area contributed by atoms with Crippen LogP contribution in [0.2, 0.25) is 20.1 Å². The molecule has 1 aliphatic heterocycles. The number of carbonyl (C=O) groups is 1. The van der Waals surface area contributed by atoms with Crippen molar-refractivity contribution in [2.75, 3.05) is 0 Å². The molecule has 0 saturated heterocycles. The number of carbonyl (C=O) groups excluding carboxylic acids is 1. The molecule has 1 aliphatic rings. The van der Waals surface area contributed by atoms with Crippen molar-refractivity contribution in [2.45, 2.75) is 20.1 Å². The summed E-state index contributed by atoms with van der Waals surface area (Å²) in [6.07, 6.45) is -0.956. The van der Waals surface area contributed by atoms with Crippen molar-refractivity contribution in [3.05, 3.63) is 73.4 Å². The summed E-state index contributed by atoms with van der Waals surface area (Å²) in [5, 5.41) is 11.0. The predicted molar refractivity (Wildman–Crippen MR) is 116 cm³/mol. The van der Waals surface area contributed by atoms with Gasteiger partial charge >= 0.3 is 0 Å². The van der Waals surface area contributed by atoms with Gasteiger partial charge in [0.15, 0.2) is 0 Å². The van der Waals surface area contributed by atoms with E-state index in [0.717, 1.165) is 5.01 Å². The quantitative estimate of drug-likeness (QED) is 0.425. The standard InChI is InChI=1S/C20H13Cl4N3O3/c1-9-15(18(26-30-9)16-11(21)5-3-6-12(16)22)19-25-27(10(2)28)20(29-19)17-13(23)7-4-8-14(17)24/h3-8,20H,1-2H3/t20-/m0/s1. The van der Waals surface area contributed by atoms with Crippen LogP contribution in [-0.4, -0.2) is 22.0 Å². The van der Waals surface area contributed by atoms with E-state index >= 15 is 0 Å². The van der Waals surface area contributed by atoms with Crippen molar-refractivity contribution in [1.82, 2.24) is 10.2 Å². The molecular weight excluding hydrogens is 472 g/mol. The third-order valence-corrected chi connectivity index (χ3v) is 5.78. The summed E-state index contributed by atoms with van der Waals surface area (Å²) in [6.45, 7) is 3.05. The van der Waals surface area contributed by atoms with Crippen LogP contribution in [0, 0.1) is 6.92 Å². The van der Waals surface area contributed by atoms with Gasteiger partial charge in [0.05, 0.1) is 25.7 Å². The van der Waals surface area contributed by atoms with Crippen LogP contribution in [0.1, 0.15) is 30.0 Å². The van der Waals surface area contributed by atoms with Crippen LogP contribution in [0.15, 0.2) is 46.0 Å². The molecule has 0 spiro atoms. The number of ether oxygens (including phenoxy) is 1. The van der Waals surface area contributed by atoms with Crippen molar-refractivity contribution >= 4 is 58.2 Å². The van der Waals surface area contributed by atoms with Crippen LogP contribution >= 0.6 is 46.4 Å². The van der Waals surface area contributed by atoms with E-state index in [4.69, 9.17) is 55.7 Å². The normalized spacial score (nSPS) is 15.9. The lowest BCUT2D eigenvalue weighted by Gasteiger charge is -2.21. The first-order chi connectivity index (χ1) is 14.3. The molecule has 2 aromatic carbocycles. The van der Waals surface area contributed by atoms with E-state index < -0.39 is 6.23 Å². The molecule has 1 atom stereocenters. The van der Waals surface area contributed by atoms with E-state index in [0.29, 0.717) is 48.2 Å². The highest BCUT2D eigenvalue weighted by Crippen LogP contribution is 2.42. The Morgan fingerprint density at radius 1 is 0.967 bits per heavy atom. The fourth-order valence-corrected chi connectivity index (χ4v) is 4.28. The summed E-state index contributed by atoms with van der Waals surface area (Å²) < 4.78 is 11.4. The first-order valence-corrected chi connectivity index (χ1v) is 10.2. The summed E-state index contributed by atoms with van der Waals surface area (Å²) in [5.74, 6) is 0.155. The molecule has 0 bridgehead atoms. The molecular formula is C20H13Cl4N3O3. The van der Waals surface area contributed by atoms with Gasteiger partial charge in [0, 0.05) is 12.5 Å². The van der Waals surface area contributed by atoms with Gasteiger partial charge in [0.1, 0.15) is 17.0 Å². The van der Waals surface area contributed by atoms with Crippen molar-refractivity contribution in [2.24, 2.45) is 5.10 Å². The van der Waals surface area contributed by atoms with Gasteiger partial charge in [0.2, 0.25) is 18.0 Å². The van der Waals surface area contributed by atoms with Crippen molar-refractivity contribution in [1.29, 1.82) is 0 Å². The maximum Gasteiger partial charge on any atom is 0.247 e. The van der Waals surface area contributed by atoms with E-state index in [1.54, 1.807) is 43.3 Å². The fourth-order valence-electron chi connectivity index (χ4n) is 3.12. The van der Waals surface area contributed by atoms with Gasteiger partial charge in [0.25, 0.3) is 0 Å². The maximum atomic E-state index is 12.3. The number of aromatic nitrogens is 1. The molecule has 0 radical (unpaired) electrons. The molecule has 0 saturated carbocycles. The Labute approximate surface area is 191 Å². The Bertz CT molecular complexity index is 1150. The summed E-state index contributed by atoms with van der Waals surface area (Å²) in [5.41, 5.74) is 1.65. The molecule has 154 valence electrons. The lowest BCUT2D eigenvalue weighted by molar-refractivity contribution is -0.135. The maximum absolute atomic E-state index is 12.3. The smallest absolute Gasteiger partial charge is 0.247 e. The molecule has 0 N–H and O–H groups in total.